The molecule has 1 N–H and O–H groups in total. The van der Waals surface area contributed by atoms with Crippen LogP contribution in [0.3, 0.4) is 0 Å². The highest BCUT2D eigenvalue weighted by Gasteiger charge is 2.44. The zero-order valence-electron chi connectivity index (χ0n) is 12.2. The van der Waals surface area contributed by atoms with E-state index in [1.807, 2.05) is 0 Å². The van der Waals surface area contributed by atoms with Crippen LogP contribution in [0, 0.1) is 0 Å². The van der Waals surface area contributed by atoms with Crippen LogP contribution in [0.5, 0.6) is 0 Å². The summed E-state index contributed by atoms with van der Waals surface area (Å²) >= 11 is 0. The Kier molecular flexibility index (Phi) is 3.55. The average Bonchev–Trinajstić information content (AvgIpc) is 3.16. The molecule has 0 aromatic carbocycles. The highest BCUT2D eigenvalue weighted by Crippen LogP contribution is 2.36. The van der Waals surface area contributed by atoms with Crippen LogP contribution in [-0.2, 0) is 0 Å². The number of likely N-dealkylation sites (tertiary alicyclic amines) is 1. The zero-order chi connectivity index (χ0) is 12.7. The van der Waals surface area contributed by atoms with Crippen molar-refractivity contribution in [2.75, 3.05) is 26.2 Å². The molecular formula is C16H29N3. The second-order valence-corrected chi connectivity index (χ2v) is 7.11. The lowest BCUT2D eigenvalue weighted by Crippen LogP contribution is -2.56. The molecule has 0 saturated carbocycles. The van der Waals surface area contributed by atoms with E-state index in [2.05, 4.69) is 15.1 Å². The zero-order valence-corrected chi connectivity index (χ0v) is 12.2. The maximum atomic E-state index is 3.78. The summed E-state index contributed by atoms with van der Waals surface area (Å²) in [5.74, 6) is 0. The van der Waals surface area contributed by atoms with Gasteiger partial charge >= 0.3 is 0 Å². The molecule has 0 spiro atoms. The summed E-state index contributed by atoms with van der Waals surface area (Å²) in [6.45, 7) is 5.38. The molecule has 0 aliphatic carbocycles. The molecule has 108 valence electrons. The molecule has 3 heteroatoms. The van der Waals surface area contributed by atoms with Gasteiger partial charge in [-0.1, -0.05) is 6.42 Å². The largest absolute Gasteiger partial charge is 0.312 e. The fraction of sp³-hybridized carbons (Fsp3) is 1.00. The summed E-state index contributed by atoms with van der Waals surface area (Å²) in [5, 5.41) is 3.78. The third-order valence-corrected chi connectivity index (χ3v) is 6.15. The lowest BCUT2D eigenvalue weighted by Gasteiger charge is -2.44. The van der Waals surface area contributed by atoms with Gasteiger partial charge in [0, 0.05) is 30.7 Å². The average molecular weight is 263 g/mol. The number of hydrogen-bond acceptors (Lipinski definition) is 3. The van der Waals surface area contributed by atoms with Gasteiger partial charge in [0.15, 0.2) is 0 Å². The SMILES string of the molecule is C1CNC(C2CCCCN2C2CCN3CCCC23)C1. The summed E-state index contributed by atoms with van der Waals surface area (Å²) in [6, 6.07) is 3.44. The maximum absolute atomic E-state index is 3.78. The predicted octanol–water partition coefficient (Wildman–Crippen LogP) is 1.83. The third-order valence-electron chi connectivity index (χ3n) is 6.15. The van der Waals surface area contributed by atoms with Crippen LogP contribution in [-0.4, -0.2) is 60.1 Å². The monoisotopic (exact) mass is 263 g/mol. The lowest BCUT2D eigenvalue weighted by atomic mass is 9.90. The quantitative estimate of drug-likeness (QED) is 0.820. The van der Waals surface area contributed by atoms with Crippen molar-refractivity contribution in [2.45, 2.75) is 75.5 Å². The number of hydrogen-bond donors (Lipinski definition) is 1. The fourth-order valence-electron chi connectivity index (χ4n) is 5.31. The first-order valence-electron chi connectivity index (χ1n) is 8.67. The number of nitrogens with zero attached hydrogens (tertiary/aromatic N) is 2. The van der Waals surface area contributed by atoms with Gasteiger partial charge < -0.3 is 5.32 Å². The Balaban J connectivity index is 1.50. The molecule has 19 heavy (non-hydrogen) atoms. The minimum atomic E-state index is 0.802. The topological polar surface area (TPSA) is 18.5 Å². The van der Waals surface area contributed by atoms with Gasteiger partial charge in [-0.2, -0.15) is 0 Å². The van der Waals surface area contributed by atoms with Crippen molar-refractivity contribution in [2.24, 2.45) is 0 Å². The maximum Gasteiger partial charge on any atom is 0.0267 e. The number of rotatable bonds is 2. The summed E-state index contributed by atoms with van der Waals surface area (Å²) in [7, 11) is 0. The summed E-state index contributed by atoms with van der Waals surface area (Å²) in [5.41, 5.74) is 0. The van der Waals surface area contributed by atoms with Crippen molar-refractivity contribution in [3.8, 4) is 0 Å². The van der Waals surface area contributed by atoms with E-state index in [0.717, 1.165) is 24.2 Å². The number of piperidine rings is 1. The van der Waals surface area contributed by atoms with E-state index in [-0.39, 0.29) is 0 Å². The second-order valence-electron chi connectivity index (χ2n) is 7.11. The van der Waals surface area contributed by atoms with Crippen LogP contribution in [0.1, 0.15) is 51.4 Å². The van der Waals surface area contributed by atoms with Crippen LogP contribution in [0.15, 0.2) is 0 Å². The molecule has 4 unspecified atom stereocenters. The molecule has 4 rings (SSSR count). The smallest absolute Gasteiger partial charge is 0.0267 e. The Morgan fingerprint density at radius 1 is 0.684 bits per heavy atom. The van der Waals surface area contributed by atoms with E-state index in [4.69, 9.17) is 0 Å². The van der Waals surface area contributed by atoms with Crippen molar-refractivity contribution < 1.29 is 0 Å². The minimum Gasteiger partial charge on any atom is -0.312 e. The van der Waals surface area contributed by atoms with E-state index >= 15 is 0 Å². The van der Waals surface area contributed by atoms with Crippen molar-refractivity contribution in [1.82, 2.24) is 15.1 Å². The van der Waals surface area contributed by atoms with Crippen molar-refractivity contribution in [3.63, 3.8) is 0 Å². The van der Waals surface area contributed by atoms with Gasteiger partial charge in [-0.3, -0.25) is 9.80 Å². The van der Waals surface area contributed by atoms with Gasteiger partial charge in [0.05, 0.1) is 0 Å². The molecule has 0 aromatic rings. The summed E-state index contributed by atoms with van der Waals surface area (Å²) in [6.07, 6.45) is 11.5. The van der Waals surface area contributed by atoms with E-state index in [9.17, 15) is 0 Å². The number of nitrogens with one attached hydrogen (secondary N) is 1. The molecule has 4 aliphatic heterocycles. The molecule has 4 fully saturated rings. The minimum absolute atomic E-state index is 0.802. The molecule has 3 nitrogen and oxygen atoms in total. The Bertz CT molecular complexity index is 309. The normalized spacial score (nSPS) is 44.8. The molecular weight excluding hydrogens is 234 g/mol. The first-order chi connectivity index (χ1) is 9.43. The Labute approximate surface area is 117 Å². The van der Waals surface area contributed by atoms with Gasteiger partial charge in [-0.05, 0) is 64.6 Å². The van der Waals surface area contributed by atoms with Gasteiger partial charge in [0.2, 0.25) is 0 Å². The van der Waals surface area contributed by atoms with Crippen LogP contribution in [0.4, 0.5) is 0 Å². The Hall–Kier alpha value is -0.120. The molecule has 4 aliphatic rings. The second kappa shape index (κ2) is 5.34. The number of fused-ring (bicyclic) bond motifs is 1. The molecule has 4 heterocycles. The van der Waals surface area contributed by atoms with Gasteiger partial charge in [-0.25, -0.2) is 0 Å². The predicted molar refractivity (Wildman–Crippen MR) is 78.4 cm³/mol. The summed E-state index contributed by atoms with van der Waals surface area (Å²) in [4.78, 5) is 5.72. The van der Waals surface area contributed by atoms with E-state index in [0.29, 0.717) is 0 Å². The lowest BCUT2D eigenvalue weighted by molar-refractivity contribution is 0.0589. The Morgan fingerprint density at radius 2 is 1.63 bits per heavy atom. The van der Waals surface area contributed by atoms with Crippen LogP contribution >= 0.6 is 0 Å². The third kappa shape index (κ3) is 2.24. The summed E-state index contributed by atoms with van der Waals surface area (Å²) < 4.78 is 0. The van der Waals surface area contributed by atoms with Crippen molar-refractivity contribution in [1.29, 1.82) is 0 Å². The van der Waals surface area contributed by atoms with Gasteiger partial charge in [0.25, 0.3) is 0 Å². The highest BCUT2D eigenvalue weighted by molar-refractivity contribution is 5.01. The van der Waals surface area contributed by atoms with Crippen LogP contribution < -0.4 is 5.32 Å². The Morgan fingerprint density at radius 3 is 2.53 bits per heavy atom. The molecule has 0 radical (unpaired) electrons. The molecule has 0 aromatic heterocycles. The van der Waals surface area contributed by atoms with E-state index in [1.165, 1.54) is 77.5 Å². The highest BCUT2D eigenvalue weighted by atomic mass is 15.3. The first-order valence-corrected chi connectivity index (χ1v) is 8.67. The first kappa shape index (κ1) is 12.6. The van der Waals surface area contributed by atoms with Crippen LogP contribution in [0.25, 0.3) is 0 Å². The molecule has 0 amide bonds. The molecule has 4 atom stereocenters. The molecule has 4 saturated heterocycles. The van der Waals surface area contributed by atoms with E-state index < -0.39 is 0 Å². The van der Waals surface area contributed by atoms with Crippen LogP contribution in [0.2, 0.25) is 0 Å². The van der Waals surface area contributed by atoms with Gasteiger partial charge in [-0.15, -0.1) is 0 Å². The van der Waals surface area contributed by atoms with E-state index in [1.54, 1.807) is 0 Å². The standard InChI is InChI=1S/C16H29N3/c1-2-11-19(14(6-1)13-5-3-9-17-13)16-8-12-18-10-4-7-15(16)18/h13-17H,1-12H2. The molecule has 0 bridgehead atoms. The van der Waals surface area contributed by atoms with Crippen molar-refractivity contribution in [3.05, 3.63) is 0 Å². The van der Waals surface area contributed by atoms with Crippen molar-refractivity contribution >= 4 is 0 Å². The fourth-order valence-corrected chi connectivity index (χ4v) is 5.31. The van der Waals surface area contributed by atoms with Gasteiger partial charge in [0.1, 0.15) is 0 Å².